The summed E-state index contributed by atoms with van der Waals surface area (Å²) >= 11 is 0. The Morgan fingerprint density at radius 2 is 1.60 bits per heavy atom. The summed E-state index contributed by atoms with van der Waals surface area (Å²) in [6, 6.07) is 3.96. The maximum absolute atomic E-state index is 9.10. The van der Waals surface area contributed by atoms with Crippen molar-refractivity contribution >= 4 is 23.9 Å². The van der Waals surface area contributed by atoms with Crippen LogP contribution in [0.4, 0.5) is 0 Å². The molecule has 0 atom stereocenters. The van der Waals surface area contributed by atoms with Gasteiger partial charge >= 0.3 is 23.9 Å². The molecule has 0 saturated carbocycles. The average molecular weight is 428 g/mol. The molecule has 1 aromatic rings. The van der Waals surface area contributed by atoms with Crippen LogP contribution in [-0.2, 0) is 25.7 Å². The molecule has 0 aliphatic carbocycles. The summed E-state index contributed by atoms with van der Waals surface area (Å²) in [6.45, 7) is 10.5. The van der Waals surface area contributed by atoms with E-state index in [-0.39, 0.29) is 5.54 Å². The number of hydrogen-bond donors (Lipinski definition) is 5. The normalized spacial score (nSPS) is 14.8. The van der Waals surface area contributed by atoms with E-state index < -0.39 is 23.9 Å². The molecule has 0 spiro atoms. The topological polar surface area (TPSA) is 178 Å². The summed E-state index contributed by atoms with van der Waals surface area (Å²) in [5, 5.41) is 33.3. The molecule has 0 amide bonds. The monoisotopic (exact) mass is 428 g/mol. The van der Waals surface area contributed by atoms with Crippen LogP contribution in [0.1, 0.15) is 31.9 Å². The summed E-state index contributed by atoms with van der Waals surface area (Å²) in [6.07, 6.45) is 7.18. The zero-order chi connectivity index (χ0) is 23.2. The molecule has 168 valence electrons. The van der Waals surface area contributed by atoms with Crippen molar-refractivity contribution in [1.82, 2.24) is 10.2 Å². The fourth-order valence-corrected chi connectivity index (χ4v) is 2.71. The Morgan fingerprint density at radius 3 is 1.93 bits per heavy atom. The number of nitrogens with zero attached hydrogens (tertiary/aromatic N) is 1. The van der Waals surface area contributed by atoms with E-state index in [0.29, 0.717) is 0 Å². The molecule has 0 bridgehead atoms. The van der Waals surface area contributed by atoms with Crippen LogP contribution in [0.25, 0.3) is 0 Å². The number of likely N-dealkylation sites (tertiary alicyclic amines) is 1. The van der Waals surface area contributed by atoms with Crippen molar-refractivity contribution in [3.63, 3.8) is 0 Å². The molecule has 11 nitrogen and oxygen atoms in total. The molecule has 30 heavy (non-hydrogen) atoms. The Morgan fingerprint density at radius 1 is 1.10 bits per heavy atom. The lowest BCUT2D eigenvalue weighted by atomic mass is 9.84. The highest BCUT2D eigenvalue weighted by Gasteiger charge is 2.32. The lowest BCUT2D eigenvalue weighted by molar-refractivity contribution is -0.159. The lowest BCUT2D eigenvalue weighted by Crippen LogP contribution is -2.52. The van der Waals surface area contributed by atoms with Crippen LogP contribution in [0.2, 0.25) is 0 Å². The van der Waals surface area contributed by atoms with Crippen molar-refractivity contribution < 1.29 is 44.0 Å². The van der Waals surface area contributed by atoms with Gasteiger partial charge in [0, 0.05) is 5.54 Å². The molecule has 1 saturated heterocycles. The molecule has 0 unspecified atom stereocenters. The van der Waals surface area contributed by atoms with Gasteiger partial charge in [0.15, 0.2) is 0 Å². The summed E-state index contributed by atoms with van der Waals surface area (Å²) in [7, 11) is 0. The molecule has 1 aromatic heterocycles. The standard InChI is InChI=1S/C15H24N2O.2C2H2O4/c1-3-7-15(8-10-17(4-2)11-9-15)16-13-14-6-5-12-18-14;2*3-1(4)2(5)6/h3,5-6,12,16H,1,4,7-11,13H2,2H3;2*(H,3,4)(H,5,6). The van der Waals surface area contributed by atoms with Gasteiger partial charge in [-0.3, -0.25) is 0 Å². The van der Waals surface area contributed by atoms with E-state index in [0.717, 1.165) is 25.3 Å². The molecule has 1 fully saturated rings. The second kappa shape index (κ2) is 13.9. The third-order valence-corrected chi connectivity index (χ3v) is 4.38. The van der Waals surface area contributed by atoms with E-state index in [9.17, 15) is 0 Å². The van der Waals surface area contributed by atoms with Gasteiger partial charge in [0.25, 0.3) is 0 Å². The van der Waals surface area contributed by atoms with Crippen LogP contribution in [0, 0.1) is 0 Å². The maximum Gasteiger partial charge on any atom is 0.414 e. The van der Waals surface area contributed by atoms with Crippen molar-refractivity contribution in [2.24, 2.45) is 0 Å². The highest BCUT2D eigenvalue weighted by molar-refractivity contribution is 6.27. The largest absolute Gasteiger partial charge is 0.473 e. The predicted octanol–water partition coefficient (Wildman–Crippen LogP) is 1.11. The third kappa shape index (κ3) is 11.0. The molecule has 2 rings (SSSR count). The van der Waals surface area contributed by atoms with E-state index >= 15 is 0 Å². The summed E-state index contributed by atoms with van der Waals surface area (Å²) in [5.41, 5.74) is 0.209. The van der Waals surface area contributed by atoms with Crippen LogP contribution < -0.4 is 5.32 Å². The molecule has 1 aliphatic heterocycles. The zero-order valence-electron chi connectivity index (χ0n) is 16.7. The number of aliphatic carboxylic acids is 4. The van der Waals surface area contributed by atoms with Gasteiger partial charge in [-0.25, -0.2) is 19.2 Å². The number of carbonyl (C=O) groups is 4. The fourth-order valence-electron chi connectivity index (χ4n) is 2.71. The van der Waals surface area contributed by atoms with E-state index in [4.69, 9.17) is 44.0 Å². The fraction of sp³-hybridized carbons (Fsp3) is 0.474. The van der Waals surface area contributed by atoms with E-state index in [1.165, 1.54) is 25.9 Å². The van der Waals surface area contributed by atoms with Gasteiger partial charge in [-0.1, -0.05) is 13.0 Å². The first-order chi connectivity index (χ1) is 14.1. The van der Waals surface area contributed by atoms with Crippen molar-refractivity contribution in [3.8, 4) is 0 Å². The molecular formula is C19H28N2O9. The highest BCUT2D eigenvalue weighted by atomic mass is 16.4. The van der Waals surface area contributed by atoms with Crippen molar-refractivity contribution in [2.75, 3.05) is 19.6 Å². The summed E-state index contributed by atoms with van der Waals surface area (Å²) < 4.78 is 5.39. The predicted molar refractivity (Wildman–Crippen MR) is 105 cm³/mol. The van der Waals surface area contributed by atoms with Gasteiger partial charge < -0.3 is 35.1 Å². The Kier molecular flexibility index (Phi) is 12.4. The second-order valence-corrected chi connectivity index (χ2v) is 6.36. The number of rotatable bonds is 6. The summed E-state index contributed by atoms with van der Waals surface area (Å²) in [4.78, 5) is 38.9. The molecular weight excluding hydrogens is 400 g/mol. The number of furan rings is 1. The maximum atomic E-state index is 9.10. The molecule has 0 aromatic carbocycles. The Balaban J connectivity index is 0.000000580. The van der Waals surface area contributed by atoms with E-state index in [1.807, 2.05) is 18.2 Å². The van der Waals surface area contributed by atoms with E-state index in [1.54, 1.807) is 6.26 Å². The number of piperidine rings is 1. The van der Waals surface area contributed by atoms with E-state index in [2.05, 4.69) is 23.7 Å². The Labute approximate surface area is 173 Å². The SMILES string of the molecule is C=CCC1(NCc2ccco2)CCN(CC)CC1.O=C(O)C(=O)O.O=C(O)C(=O)O. The van der Waals surface area contributed by atoms with Crippen LogP contribution in [0.5, 0.6) is 0 Å². The highest BCUT2D eigenvalue weighted by Crippen LogP contribution is 2.26. The first-order valence-electron chi connectivity index (χ1n) is 9.10. The van der Waals surface area contributed by atoms with Gasteiger partial charge in [0.2, 0.25) is 0 Å². The number of carboxylic acids is 4. The average Bonchev–Trinajstić information content (AvgIpc) is 3.22. The Hall–Kier alpha value is -3.18. The van der Waals surface area contributed by atoms with Crippen LogP contribution in [0.3, 0.4) is 0 Å². The molecule has 2 heterocycles. The molecule has 11 heteroatoms. The quantitative estimate of drug-likeness (QED) is 0.324. The Bertz CT molecular complexity index is 645. The number of carboxylic acid groups (broad SMARTS) is 4. The minimum absolute atomic E-state index is 0.209. The summed E-state index contributed by atoms with van der Waals surface area (Å²) in [5.74, 6) is -6.29. The third-order valence-electron chi connectivity index (χ3n) is 4.38. The van der Waals surface area contributed by atoms with Crippen LogP contribution in [-0.4, -0.2) is 74.4 Å². The smallest absolute Gasteiger partial charge is 0.414 e. The van der Waals surface area contributed by atoms with Gasteiger partial charge in [-0.15, -0.1) is 6.58 Å². The van der Waals surface area contributed by atoms with Gasteiger partial charge in [0.1, 0.15) is 5.76 Å². The first kappa shape index (κ1) is 26.8. The van der Waals surface area contributed by atoms with Crippen molar-refractivity contribution in [1.29, 1.82) is 0 Å². The van der Waals surface area contributed by atoms with Crippen LogP contribution in [0.15, 0.2) is 35.5 Å². The van der Waals surface area contributed by atoms with Gasteiger partial charge in [-0.2, -0.15) is 0 Å². The minimum atomic E-state index is -1.82. The van der Waals surface area contributed by atoms with Crippen LogP contribution >= 0.6 is 0 Å². The first-order valence-corrected chi connectivity index (χ1v) is 9.10. The second-order valence-electron chi connectivity index (χ2n) is 6.36. The minimum Gasteiger partial charge on any atom is -0.473 e. The number of nitrogens with one attached hydrogen (secondary N) is 1. The van der Waals surface area contributed by atoms with Gasteiger partial charge in [0.05, 0.1) is 12.8 Å². The lowest BCUT2D eigenvalue weighted by Gasteiger charge is -2.42. The molecule has 5 N–H and O–H groups in total. The van der Waals surface area contributed by atoms with Crippen molar-refractivity contribution in [2.45, 2.75) is 38.3 Å². The molecule has 1 aliphatic rings. The van der Waals surface area contributed by atoms with Gasteiger partial charge in [-0.05, 0) is 51.0 Å². The zero-order valence-corrected chi connectivity index (χ0v) is 16.7. The van der Waals surface area contributed by atoms with Crippen molar-refractivity contribution in [3.05, 3.63) is 36.8 Å². The number of hydrogen-bond acceptors (Lipinski definition) is 7. The molecule has 0 radical (unpaired) electrons.